The van der Waals surface area contributed by atoms with E-state index in [9.17, 15) is 0 Å². The summed E-state index contributed by atoms with van der Waals surface area (Å²) in [5.41, 5.74) is 4.57. The molecule has 1 fully saturated rings. The fourth-order valence-electron chi connectivity index (χ4n) is 3.58. The third-order valence-electron chi connectivity index (χ3n) is 5.18. The minimum atomic E-state index is 0.755. The van der Waals surface area contributed by atoms with Crippen LogP contribution in [0, 0.1) is 0 Å². The van der Waals surface area contributed by atoms with Crippen molar-refractivity contribution in [1.29, 1.82) is 0 Å². The Bertz CT molecular complexity index is 849. The van der Waals surface area contributed by atoms with Crippen molar-refractivity contribution in [2.24, 2.45) is 0 Å². The van der Waals surface area contributed by atoms with E-state index in [1.807, 2.05) is 35.0 Å². The van der Waals surface area contributed by atoms with E-state index in [0.29, 0.717) is 0 Å². The van der Waals surface area contributed by atoms with Crippen LogP contribution in [0.2, 0.25) is 5.02 Å². The molecule has 26 heavy (non-hydrogen) atoms. The second kappa shape index (κ2) is 7.62. The molecule has 0 spiro atoms. The van der Waals surface area contributed by atoms with Crippen LogP contribution in [0.3, 0.4) is 0 Å². The predicted octanol–water partition coefficient (Wildman–Crippen LogP) is 1.11. The van der Waals surface area contributed by atoms with Gasteiger partial charge in [-0.2, -0.15) is 5.10 Å². The lowest BCUT2D eigenvalue weighted by Gasteiger charge is -2.27. The first-order chi connectivity index (χ1) is 12.7. The van der Waals surface area contributed by atoms with Gasteiger partial charge in [-0.05, 0) is 24.3 Å². The number of quaternary nitrogens is 2. The number of nitrogens with one attached hydrogen (secondary N) is 2. The summed E-state index contributed by atoms with van der Waals surface area (Å²) in [6, 6.07) is 18.3. The van der Waals surface area contributed by atoms with Gasteiger partial charge in [0.25, 0.3) is 0 Å². The molecule has 4 nitrogen and oxygen atoms in total. The zero-order valence-electron chi connectivity index (χ0n) is 15.1. The first kappa shape index (κ1) is 17.3. The van der Waals surface area contributed by atoms with Gasteiger partial charge in [-0.15, -0.1) is 0 Å². The number of benzene rings is 2. The van der Waals surface area contributed by atoms with Gasteiger partial charge in [-0.25, -0.2) is 4.68 Å². The first-order valence-electron chi connectivity index (χ1n) is 9.24. The van der Waals surface area contributed by atoms with Gasteiger partial charge in [-0.3, -0.25) is 0 Å². The second-order valence-corrected chi connectivity index (χ2v) is 7.61. The lowest BCUT2D eigenvalue weighted by Crippen LogP contribution is -3.26. The molecule has 0 bridgehead atoms. The van der Waals surface area contributed by atoms with Crippen molar-refractivity contribution in [2.75, 3.05) is 33.2 Å². The quantitative estimate of drug-likeness (QED) is 0.709. The molecular weight excluding hydrogens is 344 g/mol. The number of aromatic nitrogens is 2. The van der Waals surface area contributed by atoms with Crippen LogP contribution in [0.25, 0.3) is 16.9 Å². The monoisotopic (exact) mass is 368 g/mol. The molecule has 1 aliphatic heterocycles. The molecule has 1 aromatic heterocycles. The van der Waals surface area contributed by atoms with Crippen molar-refractivity contribution in [3.05, 3.63) is 71.4 Å². The van der Waals surface area contributed by atoms with Crippen molar-refractivity contribution in [3.63, 3.8) is 0 Å². The summed E-state index contributed by atoms with van der Waals surface area (Å²) in [5, 5.41) is 5.67. The number of piperazine rings is 1. The van der Waals surface area contributed by atoms with Gasteiger partial charge in [0.15, 0.2) is 0 Å². The molecule has 134 valence electrons. The van der Waals surface area contributed by atoms with Crippen molar-refractivity contribution in [2.45, 2.75) is 6.54 Å². The molecule has 4 rings (SSSR count). The normalized spacial score (nSPS) is 20.2. The van der Waals surface area contributed by atoms with E-state index in [4.69, 9.17) is 16.7 Å². The van der Waals surface area contributed by atoms with Gasteiger partial charge >= 0.3 is 0 Å². The molecule has 2 N–H and O–H groups in total. The van der Waals surface area contributed by atoms with Gasteiger partial charge in [0.1, 0.15) is 38.4 Å². The Morgan fingerprint density at radius 3 is 2.35 bits per heavy atom. The smallest absolute Gasteiger partial charge is 0.127 e. The molecule has 1 saturated heterocycles. The Morgan fingerprint density at radius 2 is 1.65 bits per heavy atom. The number of para-hydroxylation sites is 1. The number of hydrogen-bond acceptors (Lipinski definition) is 1. The van der Waals surface area contributed by atoms with Crippen molar-refractivity contribution in [3.8, 4) is 16.9 Å². The average molecular weight is 369 g/mol. The van der Waals surface area contributed by atoms with Crippen molar-refractivity contribution in [1.82, 2.24) is 9.78 Å². The fraction of sp³-hybridized carbons (Fsp3) is 0.286. The Balaban J connectivity index is 1.68. The highest BCUT2D eigenvalue weighted by molar-refractivity contribution is 6.30. The summed E-state index contributed by atoms with van der Waals surface area (Å²) in [6.45, 7) is 5.90. The van der Waals surface area contributed by atoms with Crippen molar-refractivity contribution < 1.29 is 9.80 Å². The van der Waals surface area contributed by atoms with Crippen LogP contribution in [0.15, 0.2) is 60.8 Å². The highest BCUT2D eigenvalue weighted by atomic mass is 35.5. The second-order valence-electron chi connectivity index (χ2n) is 7.17. The molecule has 0 atom stereocenters. The van der Waals surface area contributed by atoms with Crippen LogP contribution in [-0.2, 0) is 6.54 Å². The maximum absolute atomic E-state index is 6.08. The van der Waals surface area contributed by atoms with E-state index in [1.54, 1.807) is 9.80 Å². The minimum absolute atomic E-state index is 0.755. The van der Waals surface area contributed by atoms with Gasteiger partial charge < -0.3 is 9.80 Å². The number of halogens is 1. The lowest BCUT2D eigenvalue weighted by molar-refractivity contribution is -1.01. The average Bonchev–Trinajstić information content (AvgIpc) is 3.09. The van der Waals surface area contributed by atoms with Crippen LogP contribution in [0.5, 0.6) is 0 Å². The molecule has 2 heterocycles. The largest absolute Gasteiger partial charge is 0.328 e. The van der Waals surface area contributed by atoms with Crippen LogP contribution in [-0.4, -0.2) is 43.0 Å². The summed E-state index contributed by atoms with van der Waals surface area (Å²) in [6.07, 6.45) is 2.19. The fourth-order valence-corrected chi connectivity index (χ4v) is 3.71. The SMILES string of the molecule is C[NH+]1CC[NH+](Cc2cn(-c3ccccc3)nc2-c2ccc(Cl)cc2)CC1. The molecule has 1 aliphatic rings. The third-order valence-corrected chi connectivity index (χ3v) is 5.43. The summed E-state index contributed by atoms with van der Waals surface area (Å²) in [5.74, 6) is 0. The number of likely N-dealkylation sites (N-methyl/N-ethyl adjacent to an activating group) is 1. The summed E-state index contributed by atoms with van der Waals surface area (Å²) in [7, 11) is 2.28. The Labute approximate surface area is 159 Å². The topological polar surface area (TPSA) is 26.7 Å². The molecule has 5 heteroatoms. The summed E-state index contributed by atoms with van der Waals surface area (Å²) in [4.78, 5) is 3.27. The molecule has 2 aromatic carbocycles. The summed E-state index contributed by atoms with van der Waals surface area (Å²) < 4.78 is 2.00. The van der Waals surface area contributed by atoms with E-state index in [1.165, 1.54) is 31.7 Å². The van der Waals surface area contributed by atoms with Crippen LogP contribution < -0.4 is 9.80 Å². The van der Waals surface area contributed by atoms with Crippen molar-refractivity contribution >= 4 is 11.6 Å². The Morgan fingerprint density at radius 1 is 0.962 bits per heavy atom. The molecule has 3 aromatic rings. The highest BCUT2D eigenvalue weighted by Gasteiger charge is 2.23. The van der Waals surface area contributed by atoms with Gasteiger partial charge in [0.2, 0.25) is 0 Å². The Kier molecular flexibility index (Phi) is 5.07. The molecule has 0 radical (unpaired) electrons. The standard InChI is InChI=1S/C21H23ClN4/c1-24-11-13-25(14-12-24)15-18-16-26(20-5-3-2-4-6-20)23-21(18)17-7-9-19(22)10-8-17/h2-10,16H,11-15H2,1H3/p+2. The van der Waals surface area contributed by atoms with E-state index < -0.39 is 0 Å². The Hall–Kier alpha value is -2.14. The van der Waals surface area contributed by atoms with Crippen LogP contribution >= 0.6 is 11.6 Å². The van der Waals surface area contributed by atoms with E-state index in [0.717, 1.165) is 28.5 Å². The third kappa shape index (κ3) is 3.83. The minimum Gasteiger partial charge on any atom is -0.328 e. The molecular formula is C21H25ClN4+2. The molecule has 0 unspecified atom stereocenters. The lowest BCUT2D eigenvalue weighted by atomic mass is 10.1. The van der Waals surface area contributed by atoms with Gasteiger partial charge in [0, 0.05) is 16.8 Å². The van der Waals surface area contributed by atoms with Crippen LogP contribution in [0.4, 0.5) is 0 Å². The van der Waals surface area contributed by atoms with E-state index in [2.05, 4.69) is 37.5 Å². The zero-order chi connectivity index (χ0) is 17.9. The number of hydrogen-bond donors (Lipinski definition) is 2. The maximum Gasteiger partial charge on any atom is 0.127 e. The molecule has 0 amide bonds. The predicted molar refractivity (Wildman–Crippen MR) is 105 cm³/mol. The number of rotatable bonds is 4. The van der Waals surface area contributed by atoms with Crippen LogP contribution in [0.1, 0.15) is 5.56 Å². The van der Waals surface area contributed by atoms with Gasteiger partial charge in [-0.1, -0.05) is 41.9 Å². The van der Waals surface area contributed by atoms with Gasteiger partial charge in [0.05, 0.1) is 18.3 Å². The summed E-state index contributed by atoms with van der Waals surface area (Å²) >= 11 is 6.08. The first-order valence-corrected chi connectivity index (χ1v) is 9.61. The number of nitrogens with zero attached hydrogens (tertiary/aromatic N) is 2. The highest BCUT2D eigenvalue weighted by Crippen LogP contribution is 2.24. The molecule has 0 saturated carbocycles. The van der Waals surface area contributed by atoms with E-state index in [-0.39, 0.29) is 0 Å². The maximum atomic E-state index is 6.08. The zero-order valence-corrected chi connectivity index (χ0v) is 15.8. The molecule has 0 aliphatic carbocycles. The van der Waals surface area contributed by atoms with E-state index >= 15 is 0 Å².